The van der Waals surface area contributed by atoms with E-state index in [1.54, 1.807) is 6.07 Å². The summed E-state index contributed by atoms with van der Waals surface area (Å²) in [5, 5.41) is 11.7. The zero-order chi connectivity index (χ0) is 12.8. The smallest absolute Gasteiger partial charge is 0.234 e. The first kappa shape index (κ1) is 13.9. The topological polar surface area (TPSA) is 75.3 Å². The van der Waals surface area contributed by atoms with Crippen LogP contribution in [0.25, 0.3) is 0 Å². The van der Waals surface area contributed by atoms with Gasteiger partial charge in [0.1, 0.15) is 0 Å². The fourth-order valence-electron chi connectivity index (χ4n) is 1.31. The number of carbonyl (C=O) groups excluding carboxylic acids is 1. The van der Waals surface area contributed by atoms with Crippen molar-refractivity contribution in [1.29, 1.82) is 0 Å². The first-order chi connectivity index (χ1) is 8.04. The molecule has 0 saturated carbocycles. The number of nitrogens with two attached hydrogens (primary N) is 1. The van der Waals surface area contributed by atoms with Gasteiger partial charge in [0.15, 0.2) is 0 Å². The summed E-state index contributed by atoms with van der Waals surface area (Å²) >= 11 is 1.41. The average Bonchev–Trinajstić information content (AvgIpc) is 2.31. The Bertz CT molecular complexity index is 376. The van der Waals surface area contributed by atoms with Gasteiger partial charge in [-0.25, -0.2) is 0 Å². The molecule has 17 heavy (non-hydrogen) atoms. The zero-order valence-corrected chi connectivity index (χ0v) is 10.9. The highest BCUT2D eigenvalue weighted by atomic mass is 32.2. The summed E-state index contributed by atoms with van der Waals surface area (Å²) in [4.78, 5) is 11.7. The number of hydrogen-bond acceptors (Lipinski definition) is 4. The fourth-order valence-corrected chi connectivity index (χ4v) is 1.92. The van der Waals surface area contributed by atoms with Crippen molar-refractivity contribution in [3.05, 3.63) is 23.8 Å². The molecule has 4 N–H and O–H groups in total. The minimum atomic E-state index is -0.101. The molecule has 0 aliphatic rings. The third-order valence-electron chi connectivity index (χ3n) is 2.33. The molecule has 0 aliphatic carbocycles. The lowest BCUT2D eigenvalue weighted by Gasteiger charge is -2.12. The second-order valence-electron chi connectivity index (χ2n) is 3.89. The summed E-state index contributed by atoms with van der Waals surface area (Å²) in [7, 11) is 0. The molecule has 0 spiro atoms. The number of anilines is 2. The van der Waals surface area contributed by atoms with Crippen LogP contribution in [-0.2, 0) is 4.79 Å². The molecule has 1 atom stereocenters. The molecule has 0 saturated heterocycles. The number of nitrogen functional groups attached to an aromatic ring is 1. The average molecular weight is 254 g/mol. The first-order valence-corrected chi connectivity index (χ1v) is 6.47. The highest BCUT2D eigenvalue weighted by Crippen LogP contribution is 2.22. The van der Waals surface area contributed by atoms with Crippen molar-refractivity contribution in [2.24, 2.45) is 0 Å². The monoisotopic (exact) mass is 254 g/mol. The van der Waals surface area contributed by atoms with Crippen LogP contribution in [0.15, 0.2) is 18.2 Å². The zero-order valence-electron chi connectivity index (χ0n) is 10.1. The molecule has 4 nitrogen and oxygen atoms in total. The Morgan fingerprint density at radius 1 is 1.59 bits per heavy atom. The number of carbonyl (C=O) groups is 1. The van der Waals surface area contributed by atoms with Gasteiger partial charge in [-0.3, -0.25) is 4.79 Å². The molecule has 0 aliphatic heterocycles. The SMILES string of the molecule is Cc1cccc(N)c1NC(=O)CSC(C)CO. The Labute approximate surface area is 106 Å². The number of nitrogens with one attached hydrogen (secondary N) is 1. The van der Waals surface area contributed by atoms with E-state index in [9.17, 15) is 4.79 Å². The highest BCUT2D eigenvalue weighted by molar-refractivity contribution is 8.00. The molecular weight excluding hydrogens is 236 g/mol. The summed E-state index contributed by atoms with van der Waals surface area (Å²) in [6.45, 7) is 3.85. The van der Waals surface area contributed by atoms with Crippen LogP contribution >= 0.6 is 11.8 Å². The predicted molar refractivity (Wildman–Crippen MR) is 73.2 cm³/mol. The number of hydrogen-bond donors (Lipinski definition) is 3. The van der Waals surface area contributed by atoms with Gasteiger partial charge in [0, 0.05) is 5.25 Å². The van der Waals surface area contributed by atoms with Crippen molar-refractivity contribution >= 4 is 29.0 Å². The van der Waals surface area contributed by atoms with Crippen molar-refractivity contribution in [1.82, 2.24) is 0 Å². The Balaban J connectivity index is 2.56. The first-order valence-electron chi connectivity index (χ1n) is 5.42. The van der Waals surface area contributed by atoms with Gasteiger partial charge in [0.05, 0.1) is 23.7 Å². The summed E-state index contributed by atoms with van der Waals surface area (Å²) < 4.78 is 0. The molecule has 1 rings (SSSR count). The van der Waals surface area contributed by atoms with E-state index in [0.29, 0.717) is 17.1 Å². The van der Waals surface area contributed by atoms with Crippen LogP contribution in [0.3, 0.4) is 0 Å². The van der Waals surface area contributed by atoms with Crippen LogP contribution in [0.4, 0.5) is 11.4 Å². The quantitative estimate of drug-likeness (QED) is 0.698. The number of aryl methyl sites for hydroxylation is 1. The summed E-state index contributed by atoms with van der Waals surface area (Å²) in [5.74, 6) is 0.214. The predicted octanol–water partition coefficient (Wildman–Crippen LogP) is 1.63. The number of aliphatic hydroxyl groups excluding tert-OH is 1. The highest BCUT2D eigenvalue weighted by Gasteiger charge is 2.09. The van der Waals surface area contributed by atoms with Crippen LogP contribution in [-0.4, -0.2) is 28.6 Å². The lowest BCUT2D eigenvalue weighted by Crippen LogP contribution is -2.18. The van der Waals surface area contributed by atoms with E-state index in [0.717, 1.165) is 5.56 Å². The van der Waals surface area contributed by atoms with Gasteiger partial charge in [-0.05, 0) is 18.6 Å². The Kier molecular flexibility index (Phi) is 5.31. The molecule has 1 aromatic rings. The fraction of sp³-hybridized carbons (Fsp3) is 0.417. The number of aliphatic hydroxyl groups is 1. The lowest BCUT2D eigenvalue weighted by atomic mass is 10.1. The molecule has 1 amide bonds. The molecule has 0 heterocycles. The van der Waals surface area contributed by atoms with Crippen LogP contribution in [0.5, 0.6) is 0 Å². The molecule has 0 fully saturated rings. The number of rotatable bonds is 5. The van der Waals surface area contributed by atoms with Crippen LogP contribution in [0.2, 0.25) is 0 Å². The Morgan fingerprint density at radius 2 is 2.29 bits per heavy atom. The maximum absolute atomic E-state index is 11.7. The third-order valence-corrected chi connectivity index (χ3v) is 3.47. The van der Waals surface area contributed by atoms with Gasteiger partial charge in [-0.15, -0.1) is 11.8 Å². The molecule has 94 valence electrons. The van der Waals surface area contributed by atoms with Crippen LogP contribution in [0.1, 0.15) is 12.5 Å². The number of benzene rings is 1. The van der Waals surface area contributed by atoms with Gasteiger partial charge >= 0.3 is 0 Å². The minimum Gasteiger partial charge on any atom is -0.397 e. The lowest BCUT2D eigenvalue weighted by molar-refractivity contribution is -0.113. The van der Waals surface area contributed by atoms with E-state index >= 15 is 0 Å². The molecule has 1 aromatic carbocycles. The molecule has 0 radical (unpaired) electrons. The van der Waals surface area contributed by atoms with E-state index < -0.39 is 0 Å². The van der Waals surface area contributed by atoms with Crippen molar-refractivity contribution in [3.8, 4) is 0 Å². The molecule has 5 heteroatoms. The van der Waals surface area contributed by atoms with E-state index in [4.69, 9.17) is 10.8 Å². The number of thioether (sulfide) groups is 1. The standard InChI is InChI=1S/C12H18N2O2S/c1-8-4-3-5-10(13)12(8)14-11(16)7-17-9(2)6-15/h3-5,9,15H,6-7,13H2,1-2H3,(H,14,16). The van der Waals surface area contributed by atoms with Gasteiger partial charge in [-0.2, -0.15) is 0 Å². The summed E-state index contributed by atoms with van der Waals surface area (Å²) in [6.07, 6.45) is 0. The third kappa shape index (κ3) is 4.28. The largest absolute Gasteiger partial charge is 0.397 e. The molecule has 0 aromatic heterocycles. The normalized spacial score (nSPS) is 12.2. The van der Waals surface area contributed by atoms with Gasteiger partial charge < -0.3 is 16.2 Å². The van der Waals surface area contributed by atoms with Crippen molar-refractivity contribution in [2.75, 3.05) is 23.4 Å². The maximum Gasteiger partial charge on any atom is 0.234 e. The second-order valence-corrected chi connectivity index (χ2v) is 5.32. The van der Waals surface area contributed by atoms with Gasteiger partial charge in [0.25, 0.3) is 0 Å². The van der Waals surface area contributed by atoms with E-state index in [-0.39, 0.29) is 17.8 Å². The Hall–Kier alpha value is -1.20. The number of para-hydroxylation sites is 1. The maximum atomic E-state index is 11.7. The van der Waals surface area contributed by atoms with Crippen molar-refractivity contribution < 1.29 is 9.90 Å². The van der Waals surface area contributed by atoms with E-state index in [1.807, 2.05) is 26.0 Å². The minimum absolute atomic E-state index is 0.0648. The second kappa shape index (κ2) is 6.51. The molecular formula is C12H18N2O2S. The Morgan fingerprint density at radius 3 is 2.88 bits per heavy atom. The summed E-state index contributed by atoms with van der Waals surface area (Å²) in [5.41, 5.74) is 7.98. The van der Waals surface area contributed by atoms with Crippen LogP contribution in [0, 0.1) is 6.92 Å². The van der Waals surface area contributed by atoms with E-state index in [2.05, 4.69) is 5.32 Å². The van der Waals surface area contributed by atoms with Crippen molar-refractivity contribution in [2.45, 2.75) is 19.1 Å². The summed E-state index contributed by atoms with van der Waals surface area (Å²) in [6, 6.07) is 5.50. The van der Waals surface area contributed by atoms with E-state index in [1.165, 1.54) is 11.8 Å². The molecule has 0 bridgehead atoms. The number of amides is 1. The van der Waals surface area contributed by atoms with Crippen LogP contribution < -0.4 is 11.1 Å². The van der Waals surface area contributed by atoms with Crippen molar-refractivity contribution in [3.63, 3.8) is 0 Å². The van der Waals surface area contributed by atoms with Gasteiger partial charge in [0.2, 0.25) is 5.91 Å². The molecule has 1 unspecified atom stereocenters. The van der Waals surface area contributed by atoms with Gasteiger partial charge in [-0.1, -0.05) is 19.1 Å².